The largest absolute Gasteiger partial charge is 0.463 e. The van der Waals surface area contributed by atoms with Gasteiger partial charge in [0.2, 0.25) is 0 Å². The van der Waals surface area contributed by atoms with E-state index in [-0.39, 0.29) is 12.6 Å². The molecule has 0 saturated carbocycles. The van der Waals surface area contributed by atoms with Crippen molar-refractivity contribution < 1.29 is 33.3 Å². The number of carbonyl (C=O) groups is 2. The fourth-order valence-electron chi connectivity index (χ4n) is 3.86. The smallest absolute Gasteiger partial charge is 0.311 e. The van der Waals surface area contributed by atoms with E-state index in [0.29, 0.717) is 13.2 Å². The number of hydrogen-bond acceptors (Lipinski definition) is 8. The average Bonchev–Trinajstić information content (AvgIpc) is 2.87. The molecule has 5 atom stereocenters. The number of esters is 2. The summed E-state index contributed by atoms with van der Waals surface area (Å²) in [4.78, 5) is 24.7. The van der Waals surface area contributed by atoms with Crippen LogP contribution in [-0.2, 0) is 46.5 Å². The first kappa shape index (κ1) is 29.2. The molecule has 7 nitrogen and oxygen atoms in total. The zero-order valence-electron chi connectivity index (χ0n) is 22.3. The van der Waals surface area contributed by atoms with E-state index in [9.17, 15) is 9.59 Å². The van der Waals surface area contributed by atoms with Gasteiger partial charge in [0, 0.05) is 6.92 Å². The van der Waals surface area contributed by atoms with E-state index in [2.05, 4.69) is 0 Å². The topological polar surface area (TPSA) is 80.3 Å². The second kappa shape index (κ2) is 14.0. The molecule has 0 bridgehead atoms. The van der Waals surface area contributed by atoms with Crippen molar-refractivity contribution in [2.75, 3.05) is 12.4 Å². The van der Waals surface area contributed by atoms with Crippen molar-refractivity contribution in [2.24, 2.45) is 5.41 Å². The molecule has 1 fully saturated rings. The van der Waals surface area contributed by atoms with Crippen LogP contribution in [0.1, 0.15) is 45.7 Å². The lowest BCUT2D eigenvalue weighted by atomic mass is 9.95. The molecule has 3 rings (SSSR count). The van der Waals surface area contributed by atoms with Crippen LogP contribution in [0.15, 0.2) is 60.7 Å². The van der Waals surface area contributed by atoms with E-state index in [1.165, 1.54) is 18.7 Å². The molecule has 8 heteroatoms. The number of carbonyl (C=O) groups excluding carboxylic acids is 2. The van der Waals surface area contributed by atoms with E-state index in [1.54, 1.807) is 0 Å². The van der Waals surface area contributed by atoms with Crippen molar-refractivity contribution in [3.05, 3.63) is 71.8 Å². The van der Waals surface area contributed by atoms with E-state index < -0.39 is 41.2 Å². The van der Waals surface area contributed by atoms with Gasteiger partial charge in [-0.2, -0.15) is 0 Å². The van der Waals surface area contributed by atoms with Crippen LogP contribution in [0, 0.1) is 5.41 Å². The Morgan fingerprint density at radius 3 is 1.89 bits per heavy atom. The van der Waals surface area contributed by atoms with Crippen LogP contribution in [0.25, 0.3) is 0 Å². The normalized spacial score (nSPS) is 23.9. The molecule has 0 aliphatic carbocycles. The maximum atomic E-state index is 13.0. The molecule has 1 heterocycles. The minimum Gasteiger partial charge on any atom is -0.463 e. The van der Waals surface area contributed by atoms with E-state index in [0.717, 1.165) is 16.9 Å². The van der Waals surface area contributed by atoms with Gasteiger partial charge in [-0.25, -0.2) is 0 Å². The van der Waals surface area contributed by atoms with Gasteiger partial charge in [0.05, 0.1) is 18.6 Å². The summed E-state index contributed by atoms with van der Waals surface area (Å²) in [7, 11) is 0. The van der Waals surface area contributed by atoms with Gasteiger partial charge in [0.25, 0.3) is 0 Å². The second-order valence-electron chi connectivity index (χ2n) is 9.94. The van der Waals surface area contributed by atoms with Crippen molar-refractivity contribution in [3.63, 3.8) is 0 Å². The highest BCUT2D eigenvalue weighted by molar-refractivity contribution is 7.99. The third-order valence-corrected chi connectivity index (χ3v) is 6.84. The third kappa shape index (κ3) is 8.85. The molecule has 2 aromatic rings. The molecule has 1 aliphatic heterocycles. The lowest BCUT2D eigenvalue weighted by molar-refractivity contribution is -0.250. The quantitative estimate of drug-likeness (QED) is 0.369. The van der Waals surface area contributed by atoms with Crippen LogP contribution < -0.4 is 0 Å². The van der Waals surface area contributed by atoms with Gasteiger partial charge in [0.1, 0.15) is 30.4 Å². The minimum atomic E-state index is -0.727. The van der Waals surface area contributed by atoms with Crippen molar-refractivity contribution >= 4 is 23.7 Å². The fraction of sp³-hybridized carbons (Fsp3) is 0.517. The summed E-state index contributed by atoms with van der Waals surface area (Å²) in [5.41, 5.74) is 0.728. The molecule has 0 aromatic heterocycles. The Labute approximate surface area is 224 Å². The molecule has 0 spiro atoms. The number of hydrogen-bond donors (Lipinski definition) is 0. The van der Waals surface area contributed by atoms with Crippen molar-refractivity contribution in [2.45, 2.75) is 77.7 Å². The van der Waals surface area contributed by atoms with E-state index >= 15 is 0 Å². The first-order valence-electron chi connectivity index (χ1n) is 12.6. The van der Waals surface area contributed by atoms with Crippen LogP contribution >= 0.6 is 11.8 Å². The maximum absolute atomic E-state index is 13.0. The molecule has 2 aromatic carbocycles. The number of thioether (sulfide) groups is 1. The van der Waals surface area contributed by atoms with Crippen LogP contribution in [0.4, 0.5) is 0 Å². The number of benzene rings is 2. The van der Waals surface area contributed by atoms with Gasteiger partial charge >= 0.3 is 11.9 Å². The summed E-state index contributed by atoms with van der Waals surface area (Å²) in [6, 6.07) is 19.6. The van der Waals surface area contributed by atoms with Gasteiger partial charge in [0.15, 0.2) is 6.10 Å². The van der Waals surface area contributed by atoms with E-state index in [4.69, 9.17) is 23.7 Å². The third-order valence-electron chi connectivity index (χ3n) is 5.80. The summed E-state index contributed by atoms with van der Waals surface area (Å²) in [6.45, 7) is 9.40. The summed E-state index contributed by atoms with van der Waals surface area (Å²) < 4.78 is 30.7. The molecule has 37 heavy (non-hydrogen) atoms. The summed E-state index contributed by atoms with van der Waals surface area (Å²) in [6.07, 6.45) is -2.65. The molecular weight excluding hydrogens is 492 g/mol. The van der Waals surface area contributed by atoms with Gasteiger partial charge < -0.3 is 23.7 Å². The fourth-order valence-corrected chi connectivity index (χ4v) is 4.81. The van der Waals surface area contributed by atoms with Gasteiger partial charge in [-0.3, -0.25) is 9.59 Å². The Kier molecular flexibility index (Phi) is 11.0. The molecule has 1 aliphatic rings. The first-order valence-corrected chi connectivity index (χ1v) is 13.7. The first-order chi connectivity index (χ1) is 17.7. The summed E-state index contributed by atoms with van der Waals surface area (Å²) in [5.74, 6) is -0.0281. The molecule has 0 unspecified atom stereocenters. The summed E-state index contributed by atoms with van der Waals surface area (Å²) >= 11 is 1.52. The zero-order valence-corrected chi connectivity index (χ0v) is 23.1. The van der Waals surface area contributed by atoms with Crippen LogP contribution in [0.5, 0.6) is 0 Å². The highest BCUT2D eigenvalue weighted by atomic mass is 32.2. The number of ether oxygens (including phenoxy) is 5. The van der Waals surface area contributed by atoms with Gasteiger partial charge in [-0.1, -0.05) is 67.6 Å². The predicted molar refractivity (Wildman–Crippen MR) is 143 cm³/mol. The Hall–Kier alpha value is -2.39. The second-order valence-corrected chi connectivity index (χ2v) is 11.3. The Morgan fingerprint density at radius 1 is 0.865 bits per heavy atom. The predicted octanol–water partition coefficient (Wildman–Crippen LogP) is 5.16. The molecule has 0 amide bonds. The van der Waals surface area contributed by atoms with E-state index in [1.807, 2.05) is 88.4 Å². The van der Waals surface area contributed by atoms with Crippen LogP contribution in [0.3, 0.4) is 0 Å². The monoisotopic (exact) mass is 530 g/mol. The van der Waals surface area contributed by atoms with Crippen LogP contribution in [-0.4, -0.2) is 54.2 Å². The van der Waals surface area contributed by atoms with Gasteiger partial charge in [-0.05, 0) is 37.7 Å². The lowest BCUT2D eigenvalue weighted by Gasteiger charge is -2.45. The zero-order chi connectivity index (χ0) is 26.8. The van der Waals surface area contributed by atoms with Crippen molar-refractivity contribution in [1.29, 1.82) is 0 Å². The molecule has 0 N–H and O–H groups in total. The molecular formula is C29H38O7S. The average molecular weight is 531 g/mol. The van der Waals surface area contributed by atoms with Crippen molar-refractivity contribution in [1.82, 2.24) is 0 Å². The Balaban J connectivity index is 1.95. The SMILES string of the molecule is CCS[C@@H]1O[C@H](COC(C)=O)[C@@H](OCc2ccccc2)[C@H](OCc2ccccc2)[C@H]1OC(=O)C(C)(C)C. The Bertz CT molecular complexity index is 977. The van der Waals surface area contributed by atoms with Crippen LogP contribution in [0.2, 0.25) is 0 Å². The maximum Gasteiger partial charge on any atom is 0.311 e. The number of rotatable bonds is 11. The minimum absolute atomic E-state index is 0.000693. The highest BCUT2D eigenvalue weighted by Crippen LogP contribution is 2.36. The molecule has 0 radical (unpaired) electrons. The highest BCUT2D eigenvalue weighted by Gasteiger charge is 2.50. The summed E-state index contributed by atoms with van der Waals surface area (Å²) in [5, 5.41) is 0. The lowest BCUT2D eigenvalue weighted by Crippen LogP contribution is -2.61. The van der Waals surface area contributed by atoms with Crippen molar-refractivity contribution in [3.8, 4) is 0 Å². The Morgan fingerprint density at radius 2 is 1.41 bits per heavy atom. The standard InChI is InChI=1S/C29H38O7S/c1-6-37-27-26(36-28(31)29(3,4)5)25(34-18-22-15-11-8-12-16-22)24(23(35-27)19-32-20(2)30)33-17-21-13-9-7-10-14-21/h7-16,23-27H,6,17-19H2,1-5H3/t23-,24-,25+,26-,27+/m1/s1. The molecule has 1 saturated heterocycles. The van der Waals surface area contributed by atoms with Gasteiger partial charge in [-0.15, -0.1) is 11.8 Å². The molecule has 202 valence electrons.